The molecule has 0 heterocycles. The molecule has 0 aliphatic heterocycles. The third kappa shape index (κ3) is 5.81. The van der Waals surface area contributed by atoms with Crippen molar-refractivity contribution >= 4 is 17.7 Å². The summed E-state index contributed by atoms with van der Waals surface area (Å²) in [4.78, 5) is 11.5. The molecule has 2 aromatic carbocycles. The average Bonchev–Trinajstić information content (AvgIpc) is 2.64. The van der Waals surface area contributed by atoms with Crippen molar-refractivity contribution in [3.63, 3.8) is 0 Å². The van der Waals surface area contributed by atoms with Crippen LogP contribution in [0.5, 0.6) is 11.5 Å². The van der Waals surface area contributed by atoms with Gasteiger partial charge in [0.15, 0.2) is 0 Å². The molecule has 0 saturated carbocycles. The molecule has 0 N–H and O–H groups in total. The Kier molecular flexibility index (Phi) is 7.49. The Bertz CT molecular complexity index is 640. The van der Waals surface area contributed by atoms with Gasteiger partial charge in [0.05, 0.1) is 26.4 Å². The smallest absolute Gasteiger partial charge is 0.337 e. The normalized spacial score (nSPS) is 10.2. The molecule has 0 unspecified atom stereocenters. The largest absolute Gasteiger partial charge is 0.497 e. The van der Waals surface area contributed by atoms with Crippen LogP contribution in [-0.2, 0) is 10.5 Å². The maximum atomic E-state index is 11.5. The lowest BCUT2D eigenvalue weighted by molar-refractivity contribution is 0.0600. The molecule has 0 atom stereocenters. The van der Waals surface area contributed by atoms with Gasteiger partial charge in [-0.05, 0) is 54.1 Å². The maximum absolute atomic E-state index is 11.5. The van der Waals surface area contributed by atoms with Crippen LogP contribution in [0.4, 0.5) is 0 Å². The SMILES string of the molecule is COC(=O)c1cccc(CSCCCOc2ccc(OC)cc2)c1. The number of ether oxygens (including phenoxy) is 3. The van der Waals surface area contributed by atoms with Crippen LogP contribution in [0.3, 0.4) is 0 Å². The van der Waals surface area contributed by atoms with Crippen molar-refractivity contribution in [2.45, 2.75) is 12.2 Å². The molecule has 0 spiro atoms. The van der Waals surface area contributed by atoms with Crippen molar-refractivity contribution in [1.82, 2.24) is 0 Å². The first-order valence-electron chi connectivity index (χ1n) is 7.75. The van der Waals surface area contributed by atoms with Crippen molar-refractivity contribution in [2.24, 2.45) is 0 Å². The van der Waals surface area contributed by atoms with Crippen LogP contribution in [0.1, 0.15) is 22.3 Å². The van der Waals surface area contributed by atoms with Crippen molar-refractivity contribution < 1.29 is 19.0 Å². The van der Waals surface area contributed by atoms with Gasteiger partial charge in [0.2, 0.25) is 0 Å². The van der Waals surface area contributed by atoms with Crippen molar-refractivity contribution in [3.8, 4) is 11.5 Å². The molecule has 24 heavy (non-hydrogen) atoms. The summed E-state index contributed by atoms with van der Waals surface area (Å²) in [6.07, 6.45) is 0.966. The highest BCUT2D eigenvalue weighted by molar-refractivity contribution is 7.98. The van der Waals surface area contributed by atoms with Gasteiger partial charge in [-0.2, -0.15) is 11.8 Å². The first-order valence-corrected chi connectivity index (χ1v) is 8.90. The predicted octanol–water partition coefficient (Wildman–Crippen LogP) is 4.18. The summed E-state index contributed by atoms with van der Waals surface area (Å²) in [6, 6.07) is 15.1. The number of hydrogen-bond acceptors (Lipinski definition) is 5. The molecular weight excluding hydrogens is 324 g/mol. The molecule has 0 aliphatic rings. The minimum absolute atomic E-state index is 0.297. The van der Waals surface area contributed by atoms with Crippen molar-refractivity contribution in [3.05, 3.63) is 59.7 Å². The third-order valence-corrected chi connectivity index (χ3v) is 4.49. The summed E-state index contributed by atoms with van der Waals surface area (Å²) in [5.74, 6) is 3.25. The van der Waals surface area contributed by atoms with Crippen LogP contribution in [0, 0.1) is 0 Å². The van der Waals surface area contributed by atoms with E-state index in [1.165, 1.54) is 7.11 Å². The van der Waals surface area contributed by atoms with Crippen molar-refractivity contribution in [1.29, 1.82) is 0 Å². The predicted molar refractivity (Wildman–Crippen MR) is 97.0 cm³/mol. The summed E-state index contributed by atoms with van der Waals surface area (Å²) in [5.41, 5.74) is 1.72. The van der Waals surface area contributed by atoms with Gasteiger partial charge in [0, 0.05) is 5.75 Å². The second-order valence-corrected chi connectivity index (χ2v) is 6.23. The second kappa shape index (κ2) is 9.88. The Labute approximate surface area is 147 Å². The zero-order valence-electron chi connectivity index (χ0n) is 14.0. The fourth-order valence-electron chi connectivity index (χ4n) is 2.12. The molecule has 0 radical (unpaired) electrons. The summed E-state index contributed by atoms with van der Waals surface area (Å²) >= 11 is 1.82. The van der Waals surface area contributed by atoms with E-state index in [0.29, 0.717) is 12.2 Å². The lowest BCUT2D eigenvalue weighted by Gasteiger charge is -2.07. The molecule has 0 saturated heterocycles. The zero-order chi connectivity index (χ0) is 17.2. The molecule has 5 heteroatoms. The topological polar surface area (TPSA) is 44.8 Å². The standard InChI is InChI=1S/C19H22O4S/c1-21-17-7-9-18(10-8-17)23-11-4-12-24-14-15-5-3-6-16(13-15)19(20)22-2/h3,5-10,13H,4,11-12,14H2,1-2H3. The van der Waals surface area contributed by atoms with E-state index in [9.17, 15) is 4.79 Å². The minimum atomic E-state index is -0.297. The average molecular weight is 346 g/mol. The van der Waals surface area contributed by atoms with Crippen LogP contribution in [-0.4, -0.2) is 32.5 Å². The van der Waals surface area contributed by atoms with Gasteiger partial charge in [-0.25, -0.2) is 4.79 Å². The Hall–Kier alpha value is -2.14. The molecular formula is C19H22O4S. The Morgan fingerprint density at radius 1 is 1.04 bits per heavy atom. The van der Waals surface area contributed by atoms with E-state index in [4.69, 9.17) is 14.2 Å². The number of esters is 1. The van der Waals surface area contributed by atoms with E-state index in [1.54, 1.807) is 13.2 Å². The molecule has 128 valence electrons. The number of rotatable bonds is 9. The molecule has 0 aromatic heterocycles. The summed E-state index contributed by atoms with van der Waals surface area (Å²) in [7, 11) is 3.04. The van der Waals surface area contributed by atoms with Gasteiger partial charge in [0.1, 0.15) is 11.5 Å². The van der Waals surface area contributed by atoms with E-state index < -0.39 is 0 Å². The number of carbonyl (C=O) groups is 1. The number of thioether (sulfide) groups is 1. The Morgan fingerprint density at radius 2 is 1.79 bits per heavy atom. The van der Waals surface area contributed by atoms with E-state index in [-0.39, 0.29) is 5.97 Å². The zero-order valence-corrected chi connectivity index (χ0v) is 14.8. The fourth-order valence-corrected chi connectivity index (χ4v) is 3.00. The van der Waals surface area contributed by atoms with Crippen LogP contribution < -0.4 is 9.47 Å². The molecule has 0 amide bonds. The quantitative estimate of drug-likeness (QED) is 0.503. The molecule has 0 aliphatic carbocycles. The molecule has 0 fully saturated rings. The van der Waals surface area contributed by atoms with Crippen LogP contribution in [0.25, 0.3) is 0 Å². The highest BCUT2D eigenvalue weighted by Crippen LogP contribution is 2.18. The summed E-state index contributed by atoms with van der Waals surface area (Å²) < 4.78 is 15.5. The number of methoxy groups -OCH3 is 2. The first-order chi connectivity index (χ1) is 11.7. The van der Waals surface area contributed by atoms with E-state index >= 15 is 0 Å². The Morgan fingerprint density at radius 3 is 2.50 bits per heavy atom. The van der Waals surface area contributed by atoms with Crippen LogP contribution >= 0.6 is 11.8 Å². The van der Waals surface area contributed by atoms with E-state index in [2.05, 4.69) is 0 Å². The van der Waals surface area contributed by atoms with E-state index in [1.807, 2.05) is 54.2 Å². The number of hydrogen-bond donors (Lipinski definition) is 0. The van der Waals surface area contributed by atoms with Gasteiger partial charge in [-0.3, -0.25) is 0 Å². The van der Waals surface area contributed by atoms with Crippen molar-refractivity contribution in [2.75, 3.05) is 26.6 Å². The maximum Gasteiger partial charge on any atom is 0.337 e. The van der Waals surface area contributed by atoms with Gasteiger partial charge >= 0.3 is 5.97 Å². The van der Waals surface area contributed by atoms with Gasteiger partial charge in [-0.15, -0.1) is 0 Å². The van der Waals surface area contributed by atoms with Gasteiger partial charge in [-0.1, -0.05) is 12.1 Å². The van der Waals surface area contributed by atoms with E-state index in [0.717, 1.165) is 35.0 Å². The second-order valence-electron chi connectivity index (χ2n) is 5.12. The molecule has 2 aromatic rings. The highest BCUT2D eigenvalue weighted by Gasteiger charge is 2.05. The fraction of sp³-hybridized carbons (Fsp3) is 0.316. The minimum Gasteiger partial charge on any atom is -0.497 e. The molecule has 0 bridgehead atoms. The lowest BCUT2D eigenvalue weighted by Crippen LogP contribution is -2.01. The molecule has 2 rings (SSSR count). The van der Waals surface area contributed by atoms with Gasteiger partial charge in [0.25, 0.3) is 0 Å². The monoisotopic (exact) mass is 346 g/mol. The number of carbonyl (C=O) groups excluding carboxylic acids is 1. The lowest BCUT2D eigenvalue weighted by atomic mass is 10.1. The summed E-state index contributed by atoms with van der Waals surface area (Å²) in [5, 5.41) is 0. The Balaban J connectivity index is 1.65. The third-order valence-electron chi connectivity index (χ3n) is 3.38. The molecule has 4 nitrogen and oxygen atoms in total. The van der Waals surface area contributed by atoms with Gasteiger partial charge < -0.3 is 14.2 Å². The first kappa shape index (κ1) is 18.2. The number of benzene rings is 2. The highest BCUT2D eigenvalue weighted by atomic mass is 32.2. The summed E-state index contributed by atoms with van der Waals surface area (Å²) in [6.45, 7) is 0.682. The van der Waals surface area contributed by atoms with Crippen LogP contribution in [0.2, 0.25) is 0 Å². The van der Waals surface area contributed by atoms with Crippen LogP contribution in [0.15, 0.2) is 48.5 Å².